The second kappa shape index (κ2) is 7.96. The van der Waals surface area contributed by atoms with E-state index in [0.29, 0.717) is 18.1 Å². The van der Waals surface area contributed by atoms with Crippen molar-refractivity contribution in [3.05, 3.63) is 58.1 Å². The summed E-state index contributed by atoms with van der Waals surface area (Å²) in [6, 6.07) is 11.1. The van der Waals surface area contributed by atoms with Crippen LogP contribution in [0.5, 0.6) is 17.2 Å². The molecule has 0 bridgehead atoms. The number of esters is 1. The maximum Gasteiger partial charge on any atom is 0.349 e. The highest BCUT2D eigenvalue weighted by Crippen LogP contribution is 2.27. The number of benzene rings is 2. The summed E-state index contributed by atoms with van der Waals surface area (Å²) in [6.45, 7) is 3.71. The van der Waals surface area contributed by atoms with E-state index < -0.39 is 17.5 Å². The van der Waals surface area contributed by atoms with Crippen molar-refractivity contribution in [2.75, 3.05) is 13.2 Å². The van der Waals surface area contributed by atoms with Crippen molar-refractivity contribution in [2.45, 2.75) is 13.8 Å². The van der Waals surface area contributed by atoms with Crippen LogP contribution in [0.15, 0.2) is 42.5 Å². The van der Waals surface area contributed by atoms with Crippen LogP contribution < -0.4 is 14.2 Å². The molecule has 0 N–H and O–H groups in total. The topological polar surface area (TPSA) is 87.9 Å². The first-order valence-electron chi connectivity index (χ1n) is 7.31. The molecular formula is C17H17NO6. The van der Waals surface area contributed by atoms with Crippen LogP contribution in [-0.4, -0.2) is 24.1 Å². The summed E-state index contributed by atoms with van der Waals surface area (Å²) in [5, 5.41) is 11.0. The number of ether oxygens (including phenoxy) is 3. The third-order valence-electron chi connectivity index (χ3n) is 3.02. The third-order valence-corrected chi connectivity index (χ3v) is 3.02. The van der Waals surface area contributed by atoms with Crippen molar-refractivity contribution < 1.29 is 23.9 Å². The van der Waals surface area contributed by atoms with Crippen molar-refractivity contribution in [1.29, 1.82) is 0 Å². The average Bonchev–Trinajstić information content (AvgIpc) is 2.55. The van der Waals surface area contributed by atoms with Crippen LogP contribution in [-0.2, 0) is 4.79 Å². The van der Waals surface area contributed by atoms with Gasteiger partial charge in [-0.3, -0.25) is 10.1 Å². The molecule has 7 heteroatoms. The molecule has 0 heterocycles. The Kier molecular flexibility index (Phi) is 5.73. The maximum atomic E-state index is 11.8. The lowest BCUT2D eigenvalue weighted by Gasteiger charge is -2.08. The first kappa shape index (κ1) is 17.3. The van der Waals surface area contributed by atoms with Gasteiger partial charge in [-0.2, -0.15) is 0 Å². The van der Waals surface area contributed by atoms with Gasteiger partial charge in [0, 0.05) is 6.07 Å². The second-order valence-electron chi connectivity index (χ2n) is 4.90. The minimum absolute atomic E-state index is 0.0224. The smallest absolute Gasteiger partial charge is 0.349 e. The van der Waals surface area contributed by atoms with E-state index in [1.807, 2.05) is 6.92 Å². The normalized spacial score (nSPS) is 10.1. The molecule has 0 aliphatic carbocycles. The summed E-state index contributed by atoms with van der Waals surface area (Å²) in [7, 11) is 0. The van der Waals surface area contributed by atoms with Crippen LogP contribution in [0.2, 0.25) is 0 Å². The third kappa shape index (κ3) is 4.70. The van der Waals surface area contributed by atoms with Crippen molar-refractivity contribution in [2.24, 2.45) is 0 Å². The minimum atomic E-state index is -0.658. The highest BCUT2D eigenvalue weighted by molar-refractivity contribution is 5.74. The molecule has 0 fully saturated rings. The Balaban J connectivity index is 1.95. The van der Waals surface area contributed by atoms with E-state index in [2.05, 4.69) is 0 Å². The molecule has 0 saturated heterocycles. The molecule has 7 nitrogen and oxygen atoms in total. The molecule has 0 aromatic heterocycles. The predicted octanol–water partition coefficient (Wildman–Crippen LogP) is 3.29. The summed E-state index contributed by atoms with van der Waals surface area (Å²) in [5.74, 6) is 0.373. The Hall–Kier alpha value is -3.09. The molecule has 0 spiro atoms. The van der Waals surface area contributed by atoms with Gasteiger partial charge in [-0.1, -0.05) is 6.07 Å². The zero-order valence-electron chi connectivity index (χ0n) is 13.4. The fourth-order valence-electron chi connectivity index (χ4n) is 1.96. The van der Waals surface area contributed by atoms with Crippen molar-refractivity contribution in [1.82, 2.24) is 0 Å². The monoisotopic (exact) mass is 331 g/mol. The van der Waals surface area contributed by atoms with Gasteiger partial charge in [-0.15, -0.1) is 0 Å². The van der Waals surface area contributed by atoms with Crippen LogP contribution >= 0.6 is 0 Å². The van der Waals surface area contributed by atoms with Crippen molar-refractivity contribution in [3.63, 3.8) is 0 Å². The van der Waals surface area contributed by atoms with E-state index in [1.165, 1.54) is 12.1 Å². The second-order valence-corrected chi connectivity index (χ2v) is 4.90. The molecule has 0 atom stereocenters. The first-order chi connectivity index (χ1) is 11.5. The Labute approximate surface area is 138 Å². The summed E-state index contributed by atoms with van der Waals surface area (Å²) in [4.78, 5) is 22.2. The van der Waals surface area contributed by atoms with Gasteiger partial charge in [0.05, 0.1) is 11.5 Å². The van der Waals surface area contributed by atoms with Crippen molar-refractivity contribution >= 4 is 11.7 Å². The lowest BCUT2D eigenvalue weighted by molar-refractivity contribution is -0.385. The zero-order chi connectivity index (χ0) is 17.5. The number of rotatable bonds is 7. The molecular weight excluding hydrogens is 314 g/mol. The van der Waals surface area contributed by atoms with Gasteiger partial charge in [0.1, 0.15) is 11.5 Å². The van der Waals surface area contributed by atoms with Gasteiger partial charge >= 0.3 is 11.7 Å². The number of carbonyl (C=O) groups excluding carboxylic acids is 1. The standard InChI is InChI=1S/C17H17NO6/c1-3-22-13-5-7-14(8-6-13)24-17(19)11-23-16-9-4-12(2)10-15(16)18(20)21/h4-10H,3,11H2,1-2H3. The summed E-state index contributed by atoms with van der Waals surface area (Å²) in [6.07, 6.45) is 0. The molecule has 126 valence electrons. The number of nitro benzene ring substituents is 1. The predicted molar refractivity (Wildman–Crippen MR) is 86.6 cm³/mol. The Morgan fingerprint density at radius 3 is 2.38 bits per heavy atom. The Morgan fingerprint density at radius 2 is 1.75 bits per heavy atom. The fraction of sp³-hybridized carbons (Fsp3) is 0.235. The largest absolute Gasteiger partial charge is 0.494 e. The average molecular weight is 331 g/mol. The minimum Gasteiger partial charge on any atom is -0.494 e. The van der Waals surface area contributed by atoms with Crippen LogP contribution in [0.25, 0.3) is 0 Å². The maximum absolute atomic E-state index is 11.8. The number of hydrogen-bond donors (Lipinski definition) is 0. The van der Waals surface area contributed by atoms with Crippen LogP contribution in [0.3, 0.4) is 0 Å². The number of aryl methyl sites for hydroxylation is 1. The SMILES string of the molecule is CCOc1ccc(OC(=O)COc2ccc(C)cc2[N+](=O)[O-])cc1. The summed E-state index contributed by atoms with van der Waals surface area (Å²) >= 11 is 0. The zero-order valence-corrected chi connectivity index (χ0v) is 13.4. The molecule has 2 aromatic carbocycles. The Bertz CT molecular complexity index is 726. The molecule has 0 aliphatic rings. The molecule has 0 unspecified atom stereocenters. The first-order valence-corrected chi connectivity index (χ1v) is 7.31. The number of nitrogens with zero attached hydrogens (tertiary/aromatic N) is 1. The molecule has 24 heavy (non-hydrogen) atoms. The number of carbonyl (C=O) groups is 1. The van der Waals surface area contributed by atoms with E-state index in [0.717, 1.165) is 5.56 Å². The Morgan fingerprint density at radius 1 is 1.08 bits per heavy atom. The van der Waals surface area contributed by atoms with Gasteiger partial charge in [-0.25, -0.2) is 4.79 Å². The van der Waals surface area contributed by atoms with Crippen molar-refractivity contribution in [3.8, 4) is 17.2 Å². The van der Waals surface area contributed by atoms with E-state index in [9.17, 15) is 14.9 Å². The summed E-state index contributed by atoms with van der Waals surface area (Å²) in [5.41, 5.74) is 0.537. The number of hydrogen-bond acceptors (Lipinski definition) is 6. The quantitative estimate of drug-likeness (QED) is 0.335. The van der Waals surface area contributed by atoms with E-state index >= 15 is 0 Å². The van der Waals surface area contributed by atoms with E-state index in [4.69, 9.17) is 14.2 Å². The van der Waals surface area contributed by atoms with Crippen LogP contribution in [0.1, 0.15) is 12.5 Å². The molecule has 0 saturated carbocycles. The molecule has 2 aromatic rings. The molecule has 0 radical (unpaired) electrons. The lowest BCUT2D eigenvalue weighted by Crippen LogP contribution is -2.18. The van der Waals surface area contributed by atoms with E-state index in [1.54, 1.807) is 37.3 Å². The highest BCUT2D eigenvalue weighted by atomic mass is 16.6. The van der Waals surface area contributed by atoms with Gasteiger partial charge < -0.3 is 14.2 Å². The lowest BCUT2D eigenvalue weighted by atomic mass is 10.2. The van der Waals surface area contributed by atoms with Gasteiger partial charge in [0.25, 0.3) is 0 Å². The summed E-state index contributed by atoms with van der Waals surface area (Å²) < 4.78 is 15.6. The van der Waals surface area contributed by atoms with Gasteiger partial charge in [0.2, 0.25) is 0 Å². The van der Waals surface area contributed by atoms with Crippen LogP contribution in [0, 0.1) is 17.0 Å². The van der Waals surface area contributed by atoms with Gasteiger partial charge in [-0.05, 0) is 49.7 Å². The molecule has 0 aliphatic heterocycles. The van der Waals surface area contributed by atoms with Crippen LogP contribution in [0.4, 0.5) is 5.69 Å². The molecule has 0 amide bonds. The highest BCUT2D eigenvalue weighted by Gasteiger charge is 2.17. The van der Waals surface area contributed by atoms with Gasteiger partial charge in [0.15, 0.2) is 12.4 Å². The van der Waals surface area contributed by atoms with E-state index in [-0.39, 0.29) is 11.4 Å². The fourth-order valence-corrected chi connectivity index (χ4v) is 1.96. The number of nitro groups is 1. The molecule has 2 rings (SSSR count).